The van der Waals surface area contributed by atoms with E-state index < -0.39 is 10.9 Å². The van der Waals surface area contributed by atoms with E-state index in [1.54, 1.807) is 19.1 Å². The number of nitrogens with one attached hydrogen (secondary N) is 1. The Morgan fingerprint density at radius 1 is 1.40 bits per heavy atom. The van der Waals surface area contributed by atoms with Crippen LogP contribution in [0.4, 0.5) is 11.4 Å². The molecule has 1 saturated carbocycles. The third-order valence-corrected chi connectivity index (χ3v) is 3.83. The SMILES string of the molecule is Cc1cc(NC2CCCCC2C(=O)O)ccc1[N+](=O)[O-]. The zero-order valence-corrected chi connectivity index (χ0v) is 11.3. The highest BCUT2D eigenvalue weighted by Gasteiger charge is 2.30. The molecule has 0 radical (unpaired) electrons. The molecular formula is C14H18N2O4. The van der Waals surface area contributed by atoms with Crippen LogP contribution in [-0.2, 0) is 4.79 Å². The van der Waals surface area contributed by atoms with Crippen LogP contribution in [-0.4, -0.2) is 22.0 Å². The number of benzene rings is 1. The van der Waals surface area contributed by atoms with Gasteiger partial charge in [-0.05, 0) is 31.9 Å². The molecule has 6 nitrogen and oxygen atoms in total. The van der Waals surface area contributed by atoms with E-state index in [-0.39, 0.29) is 17.6 Å². The number of nitro groups is 1. The number of carboxylic acid groups (broad SMARTS) is 1. The maximum Gasteiger partial charge on any atom is 0.308 e. The molecule has 0 bridgehead atoms. The largest absolute Gasteiger partial charge is 0.481 e. The summed E-state index contributed by atoms with van der Waals surface area (Å²) in [6.07, 6.45) is 3.44. The zero-order chi connectivity index (χ0) is 14.7. The Kier molecular flexibility index (Phi) is 4.22. The summed E-state index contributed by atoms with van der Waals surface area (Å²) >= 11 is 0. The van der Waals surface area contributed by atoms with Crippen molar-refractivity contribution < 1.29 is 14.8 Å². The van der Waals surface area contributed by atoms with Gasteiger partial charge in [0.15, 0.2) is 0 Å². The maximum atomic E-state index is 11.2. The van der Waals surface area contributed by atoms with E-state index in [1.807, 2.05) is 0 Å². The van der Waals surface area contributed by atoms with Crippen LogP contribution in [0.1, 0.15) is 31.2 Å². The third-order valence-electron chi connectivity index (χ3n) is 3.83. The van der Waals surface area contributed by atoms with Crippen molar-refractivity contribution in [2.24, 2.45) is 5.92 Å². The van der Waals surface area contributed by atoms with E-state index in [9.17, 15) is 20.0 Å². The van der Waals surface area contributed by atoms with Gasteiger partial charge >= 0.3 is 5.97 Å². The first-order valence-electron chi connectivity index (χ1n) is 6.73. The van der Waals surface area contributed by atoms with Crippen LogP contribution in [0.15, 0.2) is 18.2 Å². The van der Waals surface area contributed by atoms with E-state index in [0.717, 1.165) is 24.9 Å². The zero-order valence-electron chi connectivity index (χ0n) is 11.3. The lowest BCUT2D eigenvalue weighted by molar-refractivity contribution is -0.385. The van der Waals surface area contributed by atoms with Gasteiger partial charge in [-0.1, -0.05) is 12.8 Å². The minimum absolute atomic E-state index is 0.0778. The predicted molar refractivity (Wildman–Crippen MR) is 74.8 cm³/mol. The van der Waals surface area contributed by atoms with Crippen molar-refractivity contribution in [2.45, 2.75) is 38.6 Å². The van der Waals surface area contributed by atoms with Gasteiger partial charge < -0.3 is 10.4 Å². The van der Waals surface area contributed by atoms with E-state index in [1.165, 1.54) is 6.07 Å². The fraction of sp³-hybridized carbons (Fsp3) is 0.500. The highest BCUT2D eigenvalue weighted by Crippen LogP contribution is 2.29. The normalized spacial score (nSPS) is 22.2. The number of aryl methyl sites for hydroxylation is 1. The smallest absolute Gasteiger partial charge is 0.308 e. The molecule has 0 aliphatic heterocycles. The topological polar surface area (TPSA) is 92.5 Å². The average Bonchev–Trinajstić information content (AvgIpc) is 2.38. The Hall–Kier alpha value is -2.11. The quantitative estimate of drug-likeness (QED) is 0.652. The van der Waals surface area contributed by atoms with Crippen LogP contribution in [0.25, 0.3) is 0 Å². The monoisotopic (exact) mass is 278 g/mol. The van der Waals surface area contributed by atoms with E-state index in [0.29, 0.717) is 12.0 Å². The molecule has 1 aromatic carbocycles. The number of aliphatic carboxylic acids is 1. The lowest BCUT2D eigenvalue weighted by Gasteiger charge is -2.30. The molecule has 108 valence electrons. The molecule has 2 N–H and O–H groups in total. The molecule has 0 aromatic heterocycles. The van der Waals surface area contributed by atoms with Gasteiger partial charge in [-0.15, -0.1) is 0 Å². The minimum Gasteiger partial charge on any atom is -0.481 e. The Balaban J connectivity index is 2.14. The molecule has 1 aliphatic carbocycles. The molecule has 2 unspecified atom stereocenters. The lowest BCUT2D eigenvalue weighted by Crippen LogP contribution is -2.37. The maximum absolute atomic E-state index is 11.2. The summed E-state index contributed by atoms with van der Waals surface area (Å²) < 4.78 is 0. The lowest BCUT2D eigenvalue weighted by atomic mass is 9.84. The number of hydrogen-bond acceptors (Lipinski definition) is 4. The van der Waals surface area contributed by atoms with Crippen LogP contribution >= 0.6 is 0 Å². The molecular weight excluding hydrogens is 260 g/mol. The number of nitrogens with zero attached hydrogens (tertiary/aromatic N) is 1. The van der Waals surface area contributed by atoms with Gasteiger partial charge in [0.2, 0.25) is 0 Å². The minimum atomic E-state index is -0.777. The van der Waals surface area contributed by atoms with E-state index >= 15 is 0 Å². The molecule has 1 fully saturated rings. The van der Waals surface area contributed by atoms with Crippen LogP contribution in [0.3, 0.4) is 0 Å². The van der Waals surface area contributed by atoms with Crippen LogP contribution in [0.2, 0.25) is 0 Å². The number of carbonyl (C=O) groups is 1. The molecule has 6 heteroatoms. The Morgan fingerprint density at radius 3 is 2.70 bits per heavy atom. The summed E-state index contributed by atoms with van der Waals surface area (Å²) in [6, 6.07) is 4.68. The first-order chi connectivity index (χ1) is 9.49. The van der Waals surface area contributed by atoms with Crippen molar-refractivity contribution in [2.75, 3.05) is 5.32 Å². The number of hydrogen-bond donors (Lipinski definition) is 2. The van der Waals surface area contributed by atoms with E-state index in [2.05, 4.69) is 5.32 Å². The van der Waals surface area contributed by atoms with Gasteiger partial charge in [0, 0.05) is 23.4 Å². The van der Waals surface area contributed by atoms with Crippen molar-refractivity contribution in [3.8, 4) is 0 Å². The second-order valence-corrected chi connectivity index (χ2v) is 5.24. The van der Waals surface area contributed by atoms with Crippen molar-refractivity contribution in [3.63, 3.8) is 0 Å². The summed E-state index contributed by atoms with van der Waals surface area (Å²) in [7, 11) is 0. The predicted octanol–water partition coefficient (Wildman–Crippen LogP) is 2.96. The summed E-state index contributed by atoms with van der Waals surface area (Å²) in [6.45, 7) is 1.68. The molecule has 0 amide bonds. The van der Waals surface area contributed by atoms with Gasteiger partial charge in [0.1, 0.15) is 0 Å². The molecule has 1 aliphatic rings. The molecule has 20 heavy (non-hydrogen) atoms. The first-order valence-corrected chi connectivity index (χ1v) is 6.73. The average molecular weight is 278 g/mol. The van der Waals surface area contributed by atoms with Gasteiger partial charge in [-0.3, -0.25) is 14.9 Å². The fourth-order valence-corrected chi connectivity index (χ4v) is 2.76. The molecule has 0 heterocycles. The molecule has 0 saturated heterocycles. The molecule has 1 aromatic rings. The summed E-state index contributed by atoms with van der Waals surface area (Å²) in [5, 5.41) is 23.2. The second-order valence-electron chi connectivity index (χ2n) is 5.24. The summed E-state index contributed by atoms with van der Waals surface area (Å²) in [4.78, 5) is 21.6. The molecule has 2 atom stereocenters. The van der Waals surface area contributed by atoms with E-state index in [4.69, 9.17) is 0 Å². The third kappa shape index (κ3) is 3.07. The van der Waals surface area contributed by atoms with Gasteiger partial charge in [0.25, 0.3) is 5.69 Å². The van der Waals surface area contributed by atoms with Gasteiger partial charge in [0.05, 0.1) is 10.8 Å². The highest BCUT2D eigenvalue weighted by atomic mass is 16.6. The first kappa shape index (κ1) is 14.3. The van der Waals surface area contributed by atoms with Crippen molar-refractivity contribution in [1.29, 1.82) is 0 Å². The second kappa shape index (κ2) is 5.90. The Morgan fingerprint density at radius 2 is 2.10 bits per heavy atom. The molecule has 0 spiro atoms. The Bertz CT molecular complexity index is 530. The van der Waals surface area contributed by atoms with Crippen molar-refractivity contribution >= 4 is 17.3 Å². The van der Waals surface area contributed by atoms with Gasteiger partial charge in [-0.25, -0.2) is 0 Å². The number of carboxylic acids is 1. The summed E-state index contributed by atoms with van der Waals surface area (Å²) in [5.41, 5.74) is 1.39. The van der Waals surface area contributed by atoms with Crippen molar-refractivity contribution in [1.82, 2.24) is 0 Å². The summed E-state index contributed by atoms with van der Waals surface area (Å²) in [5.74, 6) is -1.17. The number of anilines is 1. The fourth-order valence-electron chi connectivity index (χ4n) is 2.76. The van der Waals surface area contributed by atoms with Crippen LogP contribution < -0.4 is 5.32 Å². The van der Waals surface area contributed by atoms with Gasteiger partial charge in [-0.2, -0.15) is 0 Å². The standard InChI is InChI=1S/C14H18N2O4/c1-9-8-10(6-7-13(9)16(19)20)15-12-5-3-2-4-11(12)14(17)18/h6-8,11-12,15H,2-5H2,1H3,(H,17,18). The molecule has 2 rings (SSSR count). The number of nitro benzene ring substituents is 1. The highest BCUT2D eigenvalue weighted by molar-refractivity contribution is 5.72. The Labute approximate surface area is 117 Å². The van der Waals surface area contributed by atoms with Crippen LogP contribution in [0.5, 0.6) is 0 Å². The number of rotatable bonds is 4. The van der Waals surface area contributed by atoms with Crippen molar-refractivity contribution in [3.05, 3.63) is 33.9 Å². The van der Waals surface area contributed by atoms with Crippen LogP contribution in [0, 0.1) is 23.0 Å².